The molecule has 2 unspecified atom stereocenters. The maximum atomic E-state index is 13.6. The zero-order chi connectivity index (χ0) is 15.0. The summed E-state index contributed by atoms with van der Waals surface area (Å²) in [7, 11) is 0. The average molecular weight is 329 g/mol. The summed E-state index contributed by atoms with van der Waals surface area (Å²) in [5, 5.41) is 15.7. The fourth-order valence-corrected chi connectivity index (χ4v) is 2.99. The van der Waals surface area contributed by atoms with Crippen LogP contribution in [0.3, 0.4) is 0 Å². The van der Waals surface area contributed by atoms with Crippen molar-refractivity contribution in [2.75, 3.05) is 0 Å². The largest absolute Gasteiger partial charge is 1.00 e. The van der Waals surface area contributed by atoms with E-state index in [-0.39, 0.29) is 47.8 Å². The van der Waals surface area contributed by atoms with Gasteiger partial charge in [0, 0.05) is 5.16 Å². The zero-order valence-electron chi connectivity index (χ0n) is 12.7. The smallest absolute Gasteiger partial charge is 0.740 e. The van der Waals surface area contributed by atoms with Crippen LogP contribution in [-0.2, 0) is 24.8 Å². The second-order valence-electron chi connectivity index (χ2n) is 5.76. The minimum Gasteiger partial charge on any atom is -0.740 e. The molecule has 22 heavy (non-hydrogen) atoms. The molecule has 4 nitrogen and oxygen atoms in total. The van der Waals surface area contributed by atoms with Crippen LogP contribution in [0.2, 0.25) is 0 Å². The molecule has 0 saturated heterocycles. The number of aromatic nitrogens is 3. The molecule has 0 radical (unpaired) electrons. The van der Waals surface area contributed by atoms with Gasteiger partial charge in [0.05, 0.1) is 6.54 Å². The van der Waals surface area contributed by atoms with Crippen LogP contribution in [0.1, 0.15) is 25.3 Å². The molecule has 3 rings (SSSR count). The van der Waals surface area contributed by atoms with E-state index in [9.17, 15) is 9.50 Å². The number of halogens is 1. The standard InChI is InChI=1S/C15H18FN3OS.Na/c1-10(11-5-6-11)15(20,8-19-14(21)17-9-18-19)12-3-2-4-13(16)7-12;/h2-4,7,9-11,20H,5-6,8H2,1H3,(H,17,18,21);/q;+1/p-1. The number of rotatable bonds is 5. The maximum Gasteiger partial charge on any atom is 1.00 e. The Balaban J connectivity index is 0.00000176. The quantitative estimate of drug-likeness (QED) is 0.580. The van der Waals surface area contributed by atoms with Crippen molar-refractivity contribution in [3.8, 4) is 0 Å². The molecule has 0 bridgehead atoms. The maximum absolute atomic E-state index is 13.6. The molecule has 0 spiro atoms. The van der Waals surface area contributed by atoms with Crippen LogP contribution >= 0.6 is 0 Å². The summed E-state index contributed by atoms with van der Waals surface area (Å²) in [6.45, 7) is 2.19. The van der Waals surface area contributed by atoms with Gasteiger partial charge in [-0.15, -0.1) is 0 Å². The van der Waals surface area contributed by atoms with Crippen LogP contribution < -0.4 is 29.6 Å². The molecule has 1 aromatic carbocycles. The molecular weight excluding hydrogens is 312 g/mol. The van der Waals surface area contributed by atoms with Crippen LogP contribution in [0.25, 0.3) is 0 Å². The van der Waals surface area contributed by atoms with Crippen LogP contribution in [-0.4, -0.2) is 19.9 Å². The van der Waals surface area contributed by atoms with E-state index in [1.54, 1.807) is 12.1 Å². The van der Waals surface area contributed by atoms with Crippen molar-refractivity contribution in [3.05, 3.63) is 42.0 Å². The van der Waals surface area contributed by atoms with E-state index in [4.69, 9.17) is 12.6 Å². The van der Waals surface area contributed by atoms with Gasteiger partial charge in [0.1, 0.15) is 17.7 Å². The van der Waals surface area contributed by atoms with Gasteiger partial charge in [0.2, 0.25) is 0 Å². The number of hydrogen-bond donors (Lipinski definition) is 1. The molecule has 112 valence electrons. The van der Waals surface area contributed by atoms with E-state index >= 15 is 0 Å². The van der Waals surface area contributed by atoms with E-state index in [1.807, 2.05) is 6.92 Å². The van der Waals surface area contributed by atoms with Crippen LogP contribution in [0, 0.1) is 17.7 Å². The van der Waals surface area contributed by atoms with Gasteiger partial charge in [0.25, 0.3) is 0 Å². The Hall–Kier alpha value is -0.530. The summed E-state index contributed by atoms with van der Waals surface area (Å²) < 4.78 is 15.1. The number of benzene rings is 1. The summed E-state index contributed by atoms with van der Waals surface area (Å²) in [5.41, 5.74) is -0.642. The minimum atomic E-state index is -1.20. The monoisotopic (exact) mass is 329 g/mol. The fourth-order valence-electron chi connectivity index (χ4n) is 2.83. The molecule has 1 N–H and O–H groups in total. The molecule has 1 aliphatic carbocycles. The summed E-state index contributed by atoms with van der Waals surface area (Å²) in [6, 6.07) is 6.13. The van der Waals surface area contributed by atoms with E-state index in [0.29, 0.717) is 16.6 Å². The molecule has 1 saturated carbocycles. The van der Waals surface area contributed by atoms with Crippen molar-refractivity contribution < 1.29 is 39.1 Å². The second-order valence-corrected chi connectivity index (χ2v) is 6.13. The van der Waals surface area contributed by atoms with E-state index in [0.717, 1.165) is 12.8 Å². The Morgan fingerprint density at radius 2 is 2.23 bits per heavy atom. The molecule has 0 aliphatic heterocycles. The van der Waals surface area contributed by atoms with E-state index in [2.05, 4.69) is 10.1 Å². The van der Waals surface area contributed by atoms with Gasteiger partial charge >= 0.3 is 29.6 Å². The Kier molecular flexibility index (Phi) is 5.61. The molecule has 1 aliphatic rings. The van der Waals surface area contributed by atoms with Crippen molar-refractivity contribution in [3.63, 3.8) is 0 Å². The topological polar surface area (TPSA) is 50.9 Å². The van der Waals surface area contributed by atoms with Crippen molar-refractivity contribution in [2.24, 2.45) is 11.8 Å². The Morgan fingerprint density at radius 3 is 2.77 bits per heavy atom. The van der Waals surface area contributed by atoms with Gasteiger partial charge in [-0.1, -0.05) is 19.1 Å². The Labute approximate surface area is 156 Å². The second kappa shape index (κ2) is 6.93. The van der Waals surface area contributed by atoms with Gasteiger partial charge in [-0.05, 0) is 42.4 Å². The first-order valence-electron chi connectivity index (χ1n) is 7.04. The summed E-state index contributed by atoms with van der Waals surface area (Å²) in [4.78, 5) is 3.91. The van der Waals surface area contributed by atoms with Gasteiger partial charge in [-0.3, -0.25) is 4.68 Å². The molecule has 2 aromatic rings. The van der Waals surface area contributed by atoms with Crippen molar-refractivity contribution in [2.45, 2.75) is 37.1 Å². The average Bonchev–Trinajstić information content (AvgIpc) is 3.23. The van der Waals surface area contributed by atoms with Gasteiger partial charge in [0.15, 0.2) is 0 Å². The number of aliphatic hydroxyl groups is 1. The SMILES string of the molecule is CC(C1CC1)C(O)(Cn1ncnc1[S-])c1cccc(F)c1.[Na+]. The molecule has 1 aromatic heterocycles. The molecule has 2 atom stereocenters. The predicted molar refractivity (Wildman–Crippen MR) is 77.8 cm³/mol. The summed E-state index contributed by atoms with van der Waals surface area (Å²) in [6.07, 6.45) is 3.56. The first kappa shape index (κ1) is 17.8. The normalized spacial score (nSPS) is 18.3. The van der Waals surface area contributed by atoms with Gasteiger partial charge in [-0.25, -0.2) is 9.37 Å². The number of nitrogens with zero attached hydrogens (tertiary/aromatic N) is 3. The predicted octanol–water partition coefficient (Wildman–Crippen LogP) is -0.739. The first-order valence-corrected chi connectivity index (χ1v) is 7.45. The third kappa shape index (κ3) is 3.51. The molecule has 7 heteroatoms. The Morgan fingerprint density at radius 1 is 1.50 bits per heavy atom. The van der Waals surface area contributed by atoms with Crippen LogP contribution in [0.15, 0.2) is 35.7 Å². The third-order valence-corrected chi connectivity index (χ3v) is 4.69. The zero-order valence-corrected chi connectivity index (χ0v) is 15.6. The first-order chi connectivity index (χ1) is 10.0. The molecule has 1 heterocycles. The van der Waals surface area contributed by atoms with E-state index < -0.39 is 5.60 Å². The number of hydrogen-bond acceptors (Lipinski definition) is 4. The minimum absolute atomic E-state index is 0. The van der Waals surface area contributed by atoms with Crippen LogP contribution in [0.5, 0.6) is 0 Å². The Bertz CT molecular complexity index is 649. The van der Waals surface area contributed by atoms with Gasteiger partial charge in [-0.2, -0.15) is 5.10 Å². The van der Waals surface area contributed by atoms with Crippen molar-refractivity contribution in [1.29, 1.82) is 0 Å². The summed E-state index contributed by atoms with van der Waals surface area (Å²) >= 11 is 5.10. The molecule has 1 fully saturated rings. The fraction of sp³-hybridized carbons (Fsp3) is 0.467. The van der Waals surface area contributed by atoms with Crippen molar-refractivity contribution in [1.82, 2.24) is 14.8 Å². The van der Waals surface area contributed by atoms with Gasteiger partial charge < -0.3 is 17.7 Å². The van der Waals surface area contributed by atoms with Crippen LogP contribution in [0.4, 0.5) is 4.39 Å². The van der Waals surface area contributed by atoms with E-state index in [1.165, 1.54) is 23.1 Å². The van der Waals surface area contributed by atoms with Crippen molar-refractivity contribution >= 4 is 12.6 Å². The molecular formula is C15H17FN3NaOS. The summed E-state index contributed by atoms with van der Waals surface area (Å²) in [5.74, 6) is 0.0966. The molecule has 0 amide bonds. The third-order valence-electron chi connectivity index (χ3n) is 4.38.